The van der Waals surface area contributed by atoms with Gasteiger partial charge in [-0.2, -0.15) is 5.10 Å². The zero-order chi connectivity index (χ0) is 14.4. The fourth-order valence-electron chi connectivity index (χ4n) is 2.88. The number of pyridine rings is 1. The molecule has 0 aliphatic heterocycles. The lowest BCUT2D eigenvalue weighted by Crippen LogP contribution is -1.93. The van der Waals surface area contributed by atoms with Crippen molar-refractivity contribution in [2.75, 3.05) is 7.11 Å². The number of hydrogen-bond acceptors (Lipinski definition) is 3. The maximum Gasteiger partial charge on any atom is 0.145 e. The van der Waals surface area contributed by atoms with Crippen LogP contribution in [0.1, 0.15) is 30.1 Å². The van der Waals surface area contributed by atoms with Crippen LogP contribution in [-0.2, 0) is 0 Å². The number of fused-ring (bicyclic) bond motifs is 1. The van der Waals surface area contributed by atoms with Crippen LogP contribution in [0.15, 0.2) is 30.5 Å². The van der Waals surface area contributed by atoms with Gasteiger partial charge in [-0.25, -0.2) is 4.98 Å². The molecule has 4 heteroatoms. The Morgan fingerprint density at radius 3 is 2.76 bits per heavy atom. The molecular formula is C17H17N3O. The molecule has 0 atom stereocenters. The van der Waals surface area contributed by atoms with Crippen molar-refractivity contribution >= 4 is 10.9 Å². The van der Waals surface area contributed by atoms with Crippen LogP contribution in [0.2, 0.25) is 0 Å². The lowest BCUT2D eigenvalue weighted by atomic mass is 9.99. The third kappa shape index (κ3) is 1.98. The minimum atomic E-state index is 0.637. The lowest BCUT2D eigenvalue weighted by Gasteiger charge is -2.10. The molecule has 2 heterocycles. The highest BCUT2D eigenvalue weighted by atomic mass is 16.5. The maximum absolute atomic E-state index is 5.46. The maximum atomic E-state index is 5.46. The standard InChI is InChI=1S/C17H17N3O/c1-10-3-6-13-12(7-8-15(21-2)17(13)19-10)14-9-18-20-16(14)11-4-5-11/h3,6-9,11H,4-5H2,1-2H3,(H,18,20). The van der Waals surface area contributed by atoms with E-state index in [1.165, 1.54) is 29.7 Å². The molecular weight excluding hydrogens is 262 g/mol. The zero-order valence-electron chi connectivity index (χ0n) is 12.2. The van der Waals surface area contributed by atoms with Crippen LogP contribution in [0, 0.1) is 6.92 Å². The molecule has 21 heavy (non-hydrogen) atoms. The number of methoxy groups -OCH3 is 1. The Labute approximate surface area is 123 Å². The number of hydrogen-bond donors (Lipinski definition) is 1. The Morgan fingerprint density at radius 2 is 2.00 bits per heavy atom. The minimum Gasteiger partial charge on any atom is -0.494 e. The van der Waals surface area contributed by atoms with Crippen molar-refractivity contribution in [1.29, 1.82) is 0 Å². The molecule has 0 amide bonds. The summed E-state index contributed by atoms with van der Waals surface area (Å²) in [7, 11) is 1.69. The van der Waals surface area contributed by atoms with Crippen molar-refractivity contribution in [3.05, 3.63) is 41.9 Å². The van der Waals surface area contributed by atoms with Crippen LogP contribution >= 0.6 is 0 Å². The van der Waals surface area contributed by atoms with Crippen molar-refractivity contribution in [2.45, 2.75) is 25.7 Å². The second kappa shape index (κ2) is 4.58. The minimum absolute atomic E-state index is 0.637. The largest absolute Gasteiger partial charge is 0.494 e. The van der Waals surface area contributed by atoms with Crippen molar-refractivity contribution in [3.63, 3.8) is 0 Å². The highest BCUT2D eigenvalue weighted by Gasteiger charge is 2.28. The number of nitrogens with one attached hydrogen (secondary N) is 1. The molecule has 1 fully saturated rings. The van der Waals surface area contributed by atoms with E-state index in [0.717, 1.165) is 22.3 Å². The highest BCUT2D eigenvalue weighted by Crippen LogP contribution is 2.44. The third-order valence-electron chi connectivity index (χ3n) is 4.12. The van der Waals surface area contributed by atoms with Gasteiger partial charge in [-0.1, -0.05) is 6.07 Å². The first-order valence-corrected chi connectivity index (χ1v) is 7.26. The van der Waals surface area contributed by atoms with Crippen LogP contribution < -0.4 is 4.74 Å². The summed E-state index contributed by atoms with van der Waals surface area (Å²) in [6.07, 6.45) is 4.43. The summed E-state index contributed by atoms with van der Waals surface area (Å²) in [6, 6.07) is 8.27. The van der Waals surface area contributed by atoms with Gasteiger partial charge < -0.3 is 4.74 Å². The summed E-state index contributed by atoms with van der Waals surface area (Å²) < 4.78 is 5.46. The van der Waals surface area contributed by atoms with E-state index in [0.29, 0.717) is 5.92 Å². The van der Waals surface area contributed by atoms with Gasteiger partial charge in [0.05, 0.1) is 13.3 Å². The molecule has 0 bridgehead atoms. The van der Waals surface area contributed by atoms with Crippen LogP contribution in [0.3, 0.4) is 0 Å². The Kier molecular flexibility index (Phi) is 2.70. The molecule has 1 saturated carbocycles. The molecule has 1 N–H and O–H groups in total. The average Bonchev–Trinajstić information content (AvgIpc) is 3.23. The monoisotopic (exact) mass is 279 g/mol. The summed E-state index contributed by atoms with van der Waals surface area (Å²) in [5.41, 5.74) is 5.53. The summed E-state index contributed by atoms with van der Waals surface area (Å²) in [4.78, 5) is 4.65. The molecule has 3 aromatic rings. The van der Waals surface area contributed by atoms with Gasteiger partial charge in [0, 0.05) is 28.3 Å². The Morgan fingerprint density at radius 1 is 1.14 bits per heavy atom. The van der Waals surface area contributed by atoms with E-state index in [2.05, 4.69) is 27.3 Å². The van der Waals surface area contributed by atoms with Gasteiger partial charge in [-0.3, -0.25) is 5.10 Å². The molecule has 0 saturated heterocycles. The molecule has 1 aromatic carbocycles. The Bertz CT molecular complexity index is 818. The molecule has 106 valence electrons. The first kappa shape index (κ1) is 12.4. The second-order valence-electron chi connectivity index (χ2n) is 5.64. The predicted molar refractivity (Wildman–Crippen MR) is 82.6 cm³/mol. The Balaban J connectivity index is 1.98. The smallest absolute Gasteiger partial charge is 0.145 e. The molecule has 1 aliphatic rings. The lowest BCUT2D eigenvalue weighted by molar-refractivity contribution is 0.419. The Hall–Kier alpha value is -2.36. The van der Waals surface area contributed by atoms with Gasteiger partial charge in [0.15, 0.2) is 0 Å². The van der Waals surface area contributed by atoms with E-state index in [1.54, 1.807) is 7.11 Å². The fraction of sp³-hybridized carbons (Fsp3) is 0.294. The van der Waals surface area contributed by atoms with Gasteiger partial charge in [-0.05, 0) is 43.5 Å². The number of rotatable bonds is 3. The van der Waals surface area contributed by atoms with Gasteiger partial charge in [-0.15, -0.1) is 0 Å². The summed E-state index contributed by atoms with van der Waals surface area (Å²) >= 11 is 0. The number of ether oxygens (including phenoxy) is 1. The topological polar surface area (TPSA) is 50.8 Å². The van der Waals surface area contributed by atoms with Crippen molar-refractivity contribution < 1.29 is 4.74 Å². The molecule has 2 aromatic heterocycles. The van der Waals surface area contributed by atoms with E-state index in [-0.39, 0.29) is 0 Å². The first-order valence-electron chi connectivity index (χ1n) is 7.26. The SMILES string of the molecule is COc1ccc(-c2cn[nH]c2C2CC2)c2ccc(C)nc12. The van der Waals surface area contributed by atoms with Crippen LogP contribution in [0.4, 0.5) is 0 Å². The fourth-order valence-corrected chi connectivity index (χ4v) is 2.88. The first-order chi connectivity index (χ1) is 10.3. The van der Waals surface area contributed by atoms with Crippen LogP contribution in [0.5, 0.6) is 5.75 Å². The van der Waals surface area contributed by atoms with E-state index >= 15 is 0 Å². The van der Waals surface area contributed by atoms with Gasteiger partial charge in [0.2, 0.25) is 0 Å². The summed E-state index contributed by atoms with van der Waals surface area (Å²) in [5, 5.41) is 8.53. The predicted octanol–water partition coefficient (Wildman–Crippen LogP) is 3.82. The quantitative estimate of drug-likeness (QED) is 0.793. The number of nitrogens with zero attached hydrogens (tertiary/aromatic N) is 2. The third-order valence-corrected chi connectivity index (χ3v) is 4.12. The van der Waals surface area contributed by atoms with E-state index in [9.17, 15) is 0 Å². The number of benzene rings is 1. The summed E-state index contributed by atoms with van der Waals surface area (Å²) in [5.74, 6) is 1.45. The summed E-state index contributed by atoms with van der Waals surface area (Å²) in [6.45, 7) is 2.00. The zero-order valence-corrected chi connectivity index (χ0v) is 12.2. The highest BCUT2D eigenvalue weighted by molar-refractivity contribution is 5.98. The molecule has 0 radical (unpaired) electrons. The van der Waals surface area contributed by atoms with Gasteiger partial charge in [0.25, 0.3) is 0 Å². The van der Waals surface area contributed by atoms with Gasteiger partial charge >= 0.3 is 0 Å². The molecule has 4 rings (SSSR count). The van der Waals surface area contributed by atoms with Crippen molar-refractivity contribution in [1.82, 2.24) is 15.2 Å². The van der Waals surface area contributed by atoms with E-state index in [4.69, 9.17) is 4.74 Å². The van der Waals surface area contributed by atoms with E-state index < -0.39 is 0 Å². The number of aryl methyl sites for hydroxylation is 1. The van der Waals surface area contributed by atoms with Crippen molar-refractivity contribution in [3.8, 4) is 16.9 Å². The van der Waals surface area contributed by atoms with Crippen LogP contribution in [0.25, 0.3) is 22.0 Å². The number of H-pyrrole nitrogens is 1. The number of aromatic nitrogens is 3. The second-order valence-corrected chi connectivity index (χ2v) is 5.64. The molecule has 0 spiro atoms. The normalized spacial score (nSPS) is 14.6. The van der Waals surface area contributed by atoms with Crippen LogP contribution in [-0.4, -0.2) is 22.3 Å². The molecule has 0 unspecified atom stereocenters. The van der Waals surface area contributed by atoms with E-state index in [1.807, 2.05) is 25.3 Å². The van der Waals surface area contributed by atoms with Crippen molar-refractivity contribution in [2.24, 2.45) is 0 Å². The van der Waals surface area contributed by atoms with Gasteiger partial charge in [0.1, 0.15) is 11.3 Å². The number of aromatic amines is 1. The molecule has 1 aliphatic carbocycles. The average molecular weight is 279 g/mol. The molecule has 4 nitrogen and oxygen atoms in total.